The number of nitrogens with two attached hydrogens (primary N) is 1. The second-order valence-corrected chi connectivity index (χ2v) is 13.4. The van der Waals surface area contributed by atoms with E-state index in [1.807, 2.05) is 11.8 Å². The van der Waals surface area contributed by atoms with Gasteiger partial charge in [0.05, 0.1) is 51.7 Å². The maximum absolute atomic E-state index is 13.6. The summed E-state index contributed by atoms with van der Waals surface area (Å²) in [5.41, 5.74) is 5.82. The van der Waals surface area contributed by atoms with E-state index in [1.165, 1.54) is 12.1 Å². The number of rotatable bonds is 29. The number of nitrogen functional groups attached to an aromatic ring is 1. The van der Waals surface area contributed by atoms with Crippen LogP contribution in [0.4, 0.5) is 14.9 Å². The Morgan fingerprint density at radius 1 is 0.745 bits per heavy atom. The highest BCUT2D eigenvalue weighted by Crippen LogP contribution is 2.33. The predicted octanol–water partition coefficient (Wildman–Crippen LogP) is 1.49. The standard InChI is InChI=1S/C34H55FN6O9S/c35-26-23-25(36)9-10-28(26)50-22-21-48-16-13-39-32(44)8-2-7-31(43)38-12-4-15-47-18-20-49-19-17-46-14-3-11-37-30(42)6-1-5-29-33-27(24-51-29)40-34(45)41-33/h9-10,23,27,29,33H,1-8,11-22,24,36H2,(H,37,42)(H,38,43)(H,39,44)(H2,40,41,45)/t27-,29?,33-/m0/s1. The lowest BCUT2D eigenvalue weighted by Crippen LogP contribution is -2.37. The topological polar surface area (TPSA) is 201 Å². The molecule has 0 aliphatic carbocycles. The number of fused-ring (bicyclic) bond motifs is 1. The molecule has 2 saturated heterocycles. The van der Waals surface area contributed by atoms with Crippen LogP contribution in [0.5, 0.6) is 5.75 Å². The van der Waals surface area contributed by atoms with Crippen molar-refractivity contribution in [3.63, 3.8) is 0 Å². The first kappa shape index (κ1) is 42.0. The first-order valence-electron chi connectivity index (χ1n) is 17.8. The highest BCUT2D eigenvalue weighted by molar-refractivity contribution is 8.00. The Morgan fingerprint density at radius 2 is 1.31 bits per heavy atom. The first-order chi connectivity index (χ1) is 24.8. The molecular formula is C34H55FN6O9S. The summed E-state index contributed by atoms with van der Waals surface area (Å²) in [6.07, 6.45) is 4.55. The number of hydrogen-bond acceptors (Lipinski definition) is 11. The number of thioether (sulfide) groups is 1. The predicted molar refractivity (Wildman–Crippen MR) is 191 cm³/mol. The third-order valence-electron chi connectivity index (χ3n) is 7.97. The molecule has 15 nitrogen and oxygen atoms in total. The maximum Gasteiger partial charge on any atom is 0.315 e. The molecule has 2 fully saturated rings. The van der Waals surface area contributed by atoms with E-state index in [0.717, 1.165) is 25.0 Å². The number of carbonyl (C=O) groups excluding carboxylic acids is 4. The first-order valence-corrected chi connectivity index (χ1v) is 18.8. The molecule has 3 rings (SSSR count). The average Bonchev–Trinajstić information content (AvgIpc) is 3.66. The van der Waals surface area contributed by atoms with Crippen LogP contribution in [0.25, 0.3) is 0 Å². The van der Waals surface area contributed by atoms with Crippen molar-refractivity contribution in [3.05, 3.63) is 24.0 Å². The van der Waals surface area contributed by atoms with Crippen molar-refractivity contribution >= 4 is 41.2 Å². The molecule has 288 valence electrons. The summed E-state index contributed by atoms with van der Waals surface area (Å²) in [7, 11) is 0. The number of carbonyl (C=O) groups is 4. The number of anilines is 1. The zero-order chi connectivity index (χ0) is 36.5. The molecule has 0 radical (unpaired) electrons. The van der Waals surface area contributed by atoms with Gasteiger partial charge >= 0.3 is 6.03 Å². The number of benzene rings is 1. The van der Waals surface area contributed by atoms with Crippen LogP contribution in [-0.4, -0.2) is 126 Å². The van der Waals surface area contributed by atoms with Gasteiger partial charge in [-0.05, 0) is 44.2 Å². The second-order valence-electron chi connectivity index (χ2n) is 12.1. The van der Waals surface area contributed by atoms with E-state index in [-0.39, 0.29) is 74.2 Å². The van der Waals surface area contributed by atoms with Crippen LogP contribution in [0.2, 0.25) is 0 Å². The molecule has 2 aliphatic heterocycles. The van der Waals surface area contributed by atoms with Crippen LogP contribution in [0, 0.1) is 5.82 Å². The lowest BCUT2D eigenvalue weighted by atomic mass is 10.0. The fourth-order valence-electron chi connectivity index (χ4n) is 5.34. The Bertz CT molecular complexity index is 1200. The van der Waals surface area contributed by atoms with Gasteiger partial charge in [-0.3, -0.25) is 14.4 Å². The van der Waals surface area contributed by atoms with Crippen LogP contribution < -0.4 is 37.1 Å². The molecule has 1 aromatic rings. The monoisotopic (exact) mass is 742 g/mol. The molecular weight excluding hydrogens is 687 g/mol. The molecule has 5 amide bonds. The van der Waals surface area contributed by atoms with Crippen molar-refractivity contribution in [1.82, 2.24) is 26.6 Å². The number of ether oxygens (including phenoxy) is 5. The Labute approximate surface area is 303 Å². The molecule has 1 aromatic carbocycles. The van der Waals surface area contributed by atoms with E-state index in [0.29, 0.717) is 89.5 Å². The largest absolute Gasteiger partial charge is 0.488 e. The molecule has 0 aromatic heterocycles. The van der Waals surface area contributed by atoms with Gasteiger partial charge in [0.25, 0.3) is 0 Å². The van der Waals surface area contributed by atoms with E-state index in [1.54, 1.807) is 6.07 Å². The van der Waals surface area contributed by atoms with Crippen LogP contribution >= 0.6 is 11.8 Å². The Balaban J connectivity index is 0.978. The molecule has 17 heteroatoms. The number of hydrogen-bond donors (Lipinski definition) is 6. The van der Waals surface area contributed by atoms with Gasteiger partial charge in [-0.15, -0.1) is 0 Å². The van der Waals surface area contributed by atoms with Crippen LogP contribution in [-0.2, 0) is 33.3 Å². The summed E-state index contributed by atoms with van der Waals surface area (Å²) in [5, 5.41) is 14.8. The van der Waals surface area contributed by atoms with Crippen LogP contribution in [0.15, 0.2) is 18.2 Å². The summed E-state index contributed by atoms with van der Waals surface area (Å²) in [6, 6.07) is 4.49. The normalized spacial score (nSPS) is 17.7. The van der Waals surface area contributed by atoms with Gasteiger partial charge < -0.3 is 56.0 Å². The molecule has 0 spiro atoms. The van der Waals surface area contributed by atoms with E-state index < -0.39 is 5.82 Å². The molecule has 51 heavy (non-hydrogen) atoms. The molecule has 2 aliphatic rings. The molecule has 2 heterocycles. The summed E-state index contributed by atoms with van der Waals surface area (Å²) in [5.74, 6) is 0.274. The number of amides is 5. The fourth-order valence-corrected chi connectivity index (χ4v) is 6.88. The third-order valence-corrected chi connectivity index (χ3v) is 9.48. The van der Waals surface area contributed by atoms with Crippen molar-refractivity contribution in [2.45, 2.75) is 68.7 Å². The van der Waals surface area contributed by atoms with Gasteiger partial charge in [0.1, 0.15) is 6.61 Å². The number of urea groups is 1. The number of nitrogens with one attached hydrogen (secondary N) is 5. The number of halogens is 1. The fraction of sp³-hybridized carbons (Fsp3) is 0.706. The zero-order valence-electron chi connectivity index (χ0n) is 29.4. The van der Waals surface area contributed by atoms with E-state index in [9.17, 15) is 23.6 Å². The van der Waals surface area contributed by atoms with Gasteiger partial charge in [-0.25, -0.2) is 9.18 Å². The minimum absolute atomic E-state index is 0.0438. The maximum atomic E-state index is 13.6. The van der Waals surface area contributed by atoms with Crippen LogP contribution in [0.1, 0.15) is 51.4 Å². The van der Waals surface area contributed by atoms with Gasteiger partial charge in [0.15, 0.2) is 11.6 Å². The lowest BCUT2D eigenvalue weighted by molar-refractivity contribution is -0.123. The van der Waals surface area contributed by atoms with Crippen molar-refractivity contribution in [2.24, 2.45) is 0 Å². The summed E-state index contributed by atoms with van der Waals surface area (Å²) in [6.45, 7) is 4.95. The lowest BCUT2D eigenvalue weighted by Gasteiger charge is -2.16. The van der Waals surface area contributed by atoms with Gasteiger partial charge in [-0.2, -0.15) is 11.8 Å². The quantitative estimate of drug-likeness (QED) is 0.0395. The second kappa shape index (κ2) is 25.6. The summed E-state index contributed by atoms with van der Waals surface area (Å²) < 4.78 is 40.9. The van der Waals surface area contributed by atoms with E-state index in [2.05, 4.69) is 26.6 Å². The average molecular weight is 743 g/mol. The summed E-state index contributed by atoms with van der Waals surface area (Å²) in [4.78, 5) is 47.5. The van der Waals surface area contributed by atoms with Gasteiger partial charge in [-0.1, -0.05) is 0 Å². The van der Waals surface area contributed by atoms with E-state index >= 15 is 0 Å². The van der Waals surface area contributed by atoms with Crippen LogP contribution in [0.3, 0.4) is 0 Å². The molecule has 7 N–H and O–H groups in total. The smallest absolute Gasteiger partial charge is 0.315 e. The zero-order valence-corrected chi connectivity index (χ0v) is 30.2. The Hall–Kier alpha value is -3.38. The SMILES string of the molecule is Nc1ccc(OCCOCCNC(=O)CCCC(=O)NCCCOCCOCCOCCCNC(=O)CCCC2SC[C@@H]3NC(=O)N[C@H]23)c(F)c1. The minimum atomic E-state index is -0.532. The molecule has 1 unspecified atom stereocenters. The van der Waals surface area contributed by atoms with E-state index in [4.69, 9.17) is 29.4 Å². The van der Waals surface area contributed by atoms with Crippen molar-refractivity contribution < 1.29 is 47.3 Å². The van der Waals surface area contributed by atoms with Gasteiger partial charge in [0.2, 0.25) is 17.7 Å². The van der Waals surface area contributed by atoms with Crippen molar-refractivity contribution in [2.75, 3.05) is 90.6 Å². The highest BCUT2D eigenvalue weighted by atomic mass is 32.2. The Morgan fingerprint density at radius 3 is 1.96 bits per heavy atom. The van der Waals surface area contributed by atoms with Crippen molar-refractivity contribution in [3.8, 4) is 5.75 Å². The Kier molecular flexibility index (Phi) is 21.1. The molecule has 3 atom stereocenters. The summed E-state index contributed by atoms with van der Waals surface area (Å²) >= 11 is 1.86. The molecule has 0 saturated carbocycles. The van der Waals surface area contributed by atoms with Crippen molar-refractivity contribution in [1.29, 1.82) is 0 Å². The third kappa shape index (κ3) is 18.6. The molecule has 0 bridgehead atoms. The minimum Gasteiger partial charge on any atom is -0.488 e. The highest BCUT2D eigenvalue weighted by Gasteiger charge is 2.42. The van der Waals surface area contributed by atoms with Gasteiger partial charge in [0, 0.05) is 74.9 Å².